The molecule has 0 amide bonds. The molecular weight excluding hydrogens is 268 g/mol. The number of aromatic nitrogens is 2. The number of rotatable bonds is 9. The Morgan fingerprint density at radius 3 is 2.84 bits per heavy atom. The van der Waals surface area contributed by atoms with Gasteiger partial charge in [0.15, 0.2) is 0 Å². The summed E-state index contributed by atoms with van der Waals surface area (Å²) in [6.07, 6.45) is 4.34. The van der Waals surface area contributed by atoms with Crippen molar-refractivity contribution >= 4 is 10.0 Å². The first-order chi connectivity index (χ1) is 9.02. The number of hydrogen-bond acceptors (Lipinski definition) is 5. The van der Waals surface area contributed by atoms with Gasteiger partial charge in [0.05, 0.1) is 6.20 Å². The lowest BCUT2D eigenvalue weighted by Gasteiger charge is -2.15. The molecule has 0 saturated heterocycles. The van der Waals surface area contributed by atoms with Crippen molar-refractivity contribution < 1.29 is 13.2 Å². The molecule has 110 valence electrons. The summed E-state index contributed by atoms with van der Waals surface area (Å²) in [4.78, 5) is 0.212. The van der Waals surface area contributed by atoms with Crippen LogP contribution in [0.5, 0.6) is 0 Å². The molecule has 0 aliphatic rings. The Balaban J connectivity index is 2.68. The highest BCUT2D eigenvalue weighted by molar-refractivity contribution is 7.89. The summed E-state index contributed by atoms with van der Waals surface area (Å²) >= 11 is 0. The van der Waals surface area contributed by atoms with Crippen LogP contribution >= 0.6 is 0 Å². The molecule has 2 N–H and O–H groups in total. The van der Waals surface area contributed by atoms with Crippen molar-refractivity contribution in [2.45, 2.75) is 24.3 Å². The summed E-state index contributed by atoms with van der Waals surface area (Å²) in [6.45, 7) is 2.14. The van der Waals surface area contributed by atoms with Crippen LogP contribution in [-0.4, -0.2) is 56.4 Å². The first-order valence-corrected chi connectivity index (χ1v) is 7.64. The Morgan fingerprint density at radius 1 is 1.47 bits per heavy atom. The Morgan fingerprint density at radius 2 is 2.21 bits per heavy atom. The van der Waals surface area contributed by atoms with Crippen LogP contribution in [0.4, 0.5) is 0 Å². The molecule has 1 rings (SSSR count). The second-order valence-electron chi connectivity index (χ2n) is 4.25. The summed E-state index contributed by atoms with van der Waals surface area (Å²) < 4.78 is 32.3. The fourth-order valence-corrected chi connectivity index (χ4v) is 2.75. The van der Waals surface area contributed by atoms with Crippen molar-refractivity contribution in [3.8, 4) is 0 Å². The number of nitrogens with zero attached hydrogens (tertiary/aromatic N) is 3. The van der Waals surface area contributed by atoms with E-state index < -0.39 is 10.0 Å². The van der Waals surface area contributed by atoms with Gasteiger partial charge < -0.3 is 10.5 Å². The minimum Gasteiger partial charge on any atom is -0.385 e. The van der Waals surface area contributed by atoms with Crippen LogP contribution in [0.25, 0.3) is 0 Å². The molecule has 0 fully saturated rings. The Kier molecular flexibility index (Phi) is 6.43. The molecule has 1 aromatic rings. The van der Waals surface area contributed by atoms with Gasteiger partial charge in [-0.3, -0.25) is 4.68 Å². The summed E-state index contributed by atoms with van der Waals surface area (Å²) in [6, 6.07) is 0. The van der Waals surface area contributed by atoms with E-state index in [2.05, 4.69) is 5.10 Å². The summed E-state index contributed by atoms with van der Waals surface area (Å²) in [5.41, 5.74) is 5.41. The lowest BCUT2D eigenvalue weighted by atomic mass is 10.4. The average Bonchev–Trinajstić information content (AvgIpc) is 2.85. The highest BCUT2D eigenvalue weighted by atomic mass is 32.2. The maximum atomic E-state index is 12.2. The third kappa shape index (κ3) is 4.57. The summed E-state index contributed by atoms with van der Waals surface area (Å²) in [5, 5.41) is 4.03. The molecule has 1 heterocycles. The Labute approximate surface area is 114 Å². The summed E-state index contributed by atoms with van der Waals surface area (Å²) in [5.74, 6) is 0. The zero-order valence-electron chi connectivity index (χ0n) is 11.4. The number of sulfonamides is 1. The maximum absolute atomic E-state index is 12.2. The molecule has 0 aliphatic carbocycles. The number of aryl methyl sites for hydroxylation is 1. The first kappa shape index (κ1) is 16.1. The molecule has 0 aromatic carbocycles. The molecule has 7 nitrogen and oxygen atoms in total. The standard InChI is InChI=1S/C11H22N4O3S/c1-14(6-4-8-18-2)19(16,17)11-9-13-15(10-11)7-3-5-12/h9-10H,3-8,12H2,1-2H3. The predicted octanol–water partition coefficient (Wildman–Crippen LogP) is -0.111. The Hall–Kier alpha value is -0.960. The van der Waals surface area contributed by atoms with Crippen LogP contribution < -0.4 is 5.73 Å². The van der Waals surface area contributed by atoms with Crippen LogP contribution in [0.2, 0.25) is 0 Å². The number of ether oxygens (including phenoxy) is 1. The van der Waals surface area contributed by atoms with E-state index in [4.69, 9.17) is 10.5 Å². The van der Waals surface area contributed by atoms with Crippen LogP contribution in [0, 0.1) is 0 Å². The fourth-order valence-electron chi connectivity index (χ4n) is 1.59. The van der Waals surface area contributed by atoms with Crippen LogP contribution in [0.15, 0.2) is 17.3 Å². The number of nitrogens with two attached hydrogens (primary N) is 1. The maximum Gasteiger partial charge on any atom is 0.245 e. The molecule has 0 bridgehead atoms. The van der Waals surface area contributed by atoms with Gasteiger partial charge in [-0.2, -0.15) is 5.10 Å². The minimum absolute atomic E-state index is 0.212. The van der Waals surface area contributed by atoms with Crippen molar-refractivity contribution in [3.63, 3.8) is 0 Å². The van der Waals surface area contributed by atoms with E-state index in [-0.39, 0.29) is 4.90 Å². The second-order valence-corrected chi connectivity index (χ2v) is 6.30. The van der Waals surface area contributed by atoms with Crippen molar-refractivity contribution in [2.24, 2.45) is 5.73 Å². The molecule has 8 heteroatoms. The van der Waals surface area contributed by atoms with Gasteiger partial charge in [0.1, 0.15) is 4.90 Å². The van der Waals surface area contributed by atoms with E-state index in [0.29, 0.717) is 32.7 Å². The van der Waals surface area contributed by atoms with Crippen molar-refractivity contribution in [1.29, 1.82) is 0 Å². The van der Waals surface area contributed by atoms with Gasteiger partial charge in [-0.05, 0) is 19.4 Å². The average molecular weight is 290 g/mol. The predicted molar refractivity (Wildman–Crippen MR) is 72.2 cm³/mol. The zero-order valence-corrected chi connectivity index (χ0v) is 12.3. The molecule has 0 radical (unpaired) electrons. The number of hydrogen-bond donors (Lipinski definition) is 1. The second kappa shape index (κ2) is 7.59. The van der Waals surface area contributed by atoms with Crippen molar-refractivity contribution in [2.75, 3.05) is 33.9 Å². The molecule has 0 unspecified atom stereocenters. The van der Waals surface area contributed by atoms with E-state index in [0.717, 1.165) is 6.42 Å². The highest BCUT2D eigenvalue weighted by Crippen LogP contribution is 2.13. The summed E-state index contributed by atoms with van der Waals surface area (Å²) in [7, 11) is -0.309. The van der Waals surface area contributed by atoms with Crippen molar-refractivity contribution in [3.05, 3.63) is 12.4 Å². The normalized spacial score (nSPS) is 12.2. The van der Waals surface area contributed by atoms with Gasteiger partial charge >= 0.3 is 0 Å². The van der Waals surface area contributed by atoms with Gasteiger partial charge in [-0.15, -0.1) is 0 Å². The highest BCUT2D eigenvalue weighted by Gasteiger charge is 2.22. The smallest absolute Gasteiger partial charge is 0.245 e. The largest absolute Gasteiger partial charge is 0.385 e. The molecular formula is C11H22N4O3S. The van der Waals surface area contributed by atoms with E-state index in [1.165, 1.54) is 16.7 Å². The molecule has 0 aliphatic heterocycles. The Bertz CT molecular complexity index is 472. The topological polar surface area (TPSA) is 90.5 Å². The molecule has 0 atom stereocenters. The van der Waals surface area contributed by atoms with Gasteiger partial charge in [-0.1, -0.05) is 0 Å². The van der Waals surface area contributed by atoms with E-state index >= 15 is 0 Å². The lowest BCUT2D eigenvalue weighted by molar-refractivity contribution is 0.189. The van der Waals surface area contributed by atoms with E-state index in [1.54, 1.807) is 18.8 Å². The van der Waals surface area contributed by atoms with Crippen molar-refractivity contribution in [1.82, 2.24) is 14.1 Å². The monoisotopic (exact) mass is 290 g/mol. The fraction of sp³-hybridized carbons (Fsp3) is 0.727. The third-order valence-electron chi connectivity index (χ3n) is 2.73. The SMILES string of the molecule is COCCCN(C)S(=O)(=O)c1cnn(CCCN)c1. The molecule has 1 aromatic heterocycles. The van der Waals surface area contributed by atoms with E-state index in [1.807, 2.05) is 0 Å². The molecule has 0 spiro atoms. The lowest BCUT2D eigenvalue weighted by Crippen LogP contribution is -2.28. The van der Waals surface area contributed by atoms with E-state index in [9.17, 15) is 8.42 Å². The van der Waals surface area contributed by atoms with Crippen LogP contribution in [-0.2, 0) is 21.3 Å². The van der Waals surface area contributed by atoms with Crippen LogP contribution in [0.1, 0.15) is 12.8 Å². The minimum atomic E-state index is -3.46. The van der Waals surface area contributed by atoms with Gasteiger partial charge in [0.2, 0.25) is 10.0 Å². The third-order valence-corrected chi connectivity index (χ3v) is 4.54. The quantitative estimate of drug-likeness (QED) is 0.641. The molecule has 19 heavy (non-hydrogen) atoms. The first-order valence-electron chi connectivity index (χ1n) is 6.20. The molecule has 0 saturated carbocycles. The number of methoxy groups -OCH3 is 1. The van der Waals surface area contributed by atoms with Gasteiger partial charge in [0.25, 0.3) is 0 Å². The van der Waals surface area contributed by atoms with Crippen LogP contribution in [0.3, 0.4) is 0 Å². The van der Waals surface area contributed by atoms with Gasteiger partial charge in [0, 0.05) is 40.1 Å². The van der Waals surface area contributed by atoms with Gasteiger partial charge in [-0.25, -0.2) is 12.7 Å². The zero-order chi connectivity index (χ0) is 14.3.